The lowest BCUT2D eigenvalue weighted by atomic mass is 10.2. The van der Waals surface area contributed by atoms with Gasteiger partial charge < -0.3 is 16.0 Å². The van der Waals surface area contributed by atoms with Crippen LogP contribution in [0.5, 0.6) is 0 Å². The van der Waals surface area contributed by atoms with Gasteiger partial charge in [-0.1, -0.05) is 18.2 Å². The van der Waals surface area contributed by atoms with Crippen LogP contribution in [0, 0.1) is 0 Å². The summed E-state index contributed by atoms with van der Waals surface area (Å²) in [5.41, 5.74) is 7.44. The molecule has 0 radical (unpaired) electrons. The van der Waals surface area contributed by atoms with Gasteiger partial charge in [0.15, 0.2) is 0 Å². The van der Waals surface area contributed by atoms with Crippen molar-refractivity contribution in [3.8, 4) is 0 Å². The molecular weight excluding hydrogens is 266 g/mol. The maximum atomic E-state index is 12.3. The first-order valence-corrected chi connectivity index (χ1v) is 7.56. The number of amides is 2. The predicted octanol–water partition coefficient (Wildman–Crippen LogP) is 0.963. The third kappa shape index (κ3) is 2.93. The maximum absolute atomic E-state index is 12.3. The average molecular weight is 287 g/mol. The van der Waals surface area contributed by atoms with Gasteiger partial charge >= 0.3 is 0 Å². The molecule has 1 aromatic rings. The summed E-state index contributed by atoms with van der Waals surface area (Å²) in [5.74, 6) is 0.0459. The van der Waals surface area contributed by atoms with E-state index in [1.54, 1.807) is 0 Å². The van der Waals surface area contributed by atoms with Gasteiger partial charge in [-0.05, 0) is 37.3 Å². The first-order chi connectivity index (χ1) is 10.1. The number of hydrogen-bond donors (Lipinski definition) is 2. The van der Waals surface area contributed by atoms with Crippen LogP contribution in [0.1, 0.15) is 31.2 Å². The van der Waals surface area contributed by atoms with Crippen LogP contribution in [-0.4, -0.2) is 30.4 Å². The molecule has 112 valence electrons. The van der Waals surface area contributed by atoms with Crippen molar-refractivity contribution in [1.29, 1.82) is 0 Å². The third-order valence-electron chi connectivity index (χ3n) is 4.28. The van der Waals surface area contributed by atoms with Crippen molar-refractivity contribution < 1.29 is 9.59 Å². The lowest BCUT2D eigenvalue weighted by molar-refractivity contribution is -0.123. The van der Waals surface area contributed by atoms with E-state index in [1.165, 1.54) is 5.56 Å². The van der Waals surface area contributed by atoms with Crippen molar-refractivity contribution in [2.45, 2.75) is 37.6 Å². The van der Waals surface area contributed by atoms with Crippen molar-refractivity contribution in [1.82, 2.24) is 5.32 Å². The van der Waals surface area contributed by atoms with Gasteiger partial charge in [-0.25, -0.2) is 0 Å². The Hall–Kier alpha value is -1.88. The molecular formula is C16H21N3O2. The normalized spacial score (nSPS) is 18.2. The Bertz CT molecular complexity index is 566. The van der Waals surface area contributed by atoms with E-state index in [-0.39, 0.29) is 11.8 Å². The van der Waals surface area contributed by atoms with Crippen LogP contribution in [0.3, 0.4) is 0 Å². The van der Waals surface area contributed by atoms with E-state index in [0.717, 1.165) is 31.5 Å². The molecule has 1 aromatic carbocycles. The Balaban J connectivity index is 1.44. The summed E-state index contributed by atoms with van der Waals surface area (Å²) in [7, 11) is 0. The molecule has 1 fully saturated rings. The molecule has 1 aliphatic heterocycles. The van der Waals surface area contributed by atoms with Crippen LogP contribution in [0.4, 0.5) is 5.69 Å². The van der Waals surface area contributed by atoms with Gasteiger partial charge in [0.25, 0.3) is 0 Å². The highest BCUT2D eigenvalue weighted by Gasteiger charge is 2.45. The lowest BCUT2D eigenvalue weighted by Gasteiger charge is -2.17. The van der Waals surface area contributed by atoms with E-state index in [1.807, 2.05) is 23.1 Å². The fourth-order valence-corrected chi connectivity index (χ4v) is 2.71. The minimum absolute atomic E-state index is 0.0820. The van der Waals surface area contributed by atoms with Gasteiger partial charge in [-0.15, -0.1) is 0 Å². The number of hydrogen-bond acceptors (Lipinski definition) is 3. The molecule has 1 heterocycles. The molecule has 0 unspecified atom stereocenters. The molecule has 2 amide bonds. The van der Waals surface area contributed by atoms with Gasteiger partial charge in [0.05, 0.1) is 5.54 Å². The van der Waals surface area contributed by atoms with Gasteiger partial charge in [-0.3, -0.25) is 9.59 Å². The number of anilines is 1. The minimum atomic E-state index is -0.627. The second kappa shape index (κ2) is 5.48. The molecule has 1 aliphatic carbocycles. The second-order valence-corrected chi connectivity index (χ2v) is 5.94. The molecule has 2 aliphatic rings. The third-order valence-corrected chi connectivity index (χ3v) is 4.28. The van der Waals surface area contributed by atoms with Crippen LogP contribution in [-0.2, 0) is 16.0 Å². The average Bonchev–Trinajstić information content (AvgIpc) is 3.10. The number of carbonyl (C=O) groups excluding carboxylic acids is 2. The molecule has 0 bridgehead atoms. The number of para-hydroxylation sites is 1. The highest BCUT2D eigenvalue weighted by molar-refractivity contribution is 5.95. The number of benzene rings is 1. The molecule has 0 atom stereocenters. The monoisotopic (exact) mass is 287 g/mol. The topological polar surface area (TPSA) is 75.4 Å². The Morgan fingerprint density at radius 1 is 1.29 bits per heavy atom. The fraction of sp³-hybridized carbons (Fsp3) is 0.500. The Morgan fingerprint density at radius 2 is 2.05 bits per heavy atom. The van der Waals surface area contributed by atoms with Crippen LogP contribution in [0.25, 0.3) is 0 Å². The zero-order chi connectivity index (χ0) is 14.9. The van der Waals surface area contributed by atoms with Crippen LogP contribution < -0.4 is 16.0 Å². The predicted molar refractivity (Wildman–Crippen MR) is 80.9 cm³/mol. The summed E-state index contributed by atoms with van der Waals surface area (Å²) in [6, 6.07) is 8.02. The second-order valence-electron chi connectivity index (χ2n) is 5.94. The van der Waals surface area contributed by atoms with Gasteiger partial charge in [0.1, 0.15) is 0 Å². The van der Waals surface area contributed by atoms with Crippen molar-refractivity contribution in [3.63, 3.8) is 0 Å². The quantitative estimate of drug-likeness (QED) is 0.792. The summed E-state index contributed by atoms with van der Waals surface area (Å²) >= 11 is 0. The first-order valence-electron chi connectivity index (χ1n) is 7.56. The molecule has 0 aromatic heterocycles. The Kier molecular flexibility index (Phi) is 3.68. The number of rotatable bonds is 5. The van der Waals surface area contributed by atoms with Crippen LogP contribution in [0.2, 0.25) is 0 Å². The summed E-state index contributed by atoms with van der Waals surface area (Å²) in [6.07, 6.45) is 3.56. The number of carbonyl (C=O) groups is 2. The molecule has 3 N–H and O–H groups in total. The van der Waals surface area contributed by atoms with Crippen molar-refractivity contribution in [2.75, 3.05) is 18.0 Å². The van der Waals surface area contributed by atoms with E-state index in [9.17, 15) is 9.59 Å². The van der Waals surface area contributed by atoms with E-state index in [2.05, 4.69) is 11.4 Å². The number of nitrogens with two attached hydrogens (primary N) is 1. The summed E-state index contributed by atoms with van der Waals surface area (Å²) < 4.78 is 0. The lowest BCUT2D eigenvalue weighted by Crippen LogP contribution is -2.43. The smallest absolute Gasteiger partial charge is 0.240 e. The minimum Gasteiger partial charge on any atom is -0.354 e. The largest absolute Gasteiger partial charge is 0.354 e. The summed E-state index contributed by atoms with van der Waals surface area (Å²) in [4.78, 5) is 25.8. The summed E-state index contributed by atoms with van der Waals surface area (Å²) in [6.45, 7) is 1.27. The molecule has 21 heavy (non-hydrogen) atoms. The maximum Gasteiger partial charge on any atom is 0.240 e. The van der Waals surface area contributed by atoms with Crippen LogP contribution >= 0.6 is 0 Å². The fourth-order valence-electron chi connectivity index (χ4n) is 2.71. The summed E-state index contributed by atoms with van der Waals surface area (Å²) in [5, 5.41) is 2.82. The molecule has 5 heteroatoms. The molecule has 0 saturated heterocycles. The number of fused-ring (bicyclic) bond motifs is 1. The highest BCUT2D eigenvalue weighted by atomic mass is 16.2. The zero-order valence-corrected chi connectivity index (χ0v) is 12.1. The van der Waals surface area contributed by atoms with Gasteiger partial charge in [0, 0.05) is 25.2 Å². The Morgan fingerprint density at radius 3 is 2.81 bits per heavy atom. The number of nitrogens with one attached hydrogen (secondary N) is 1. The highest BCUT2D eigenvalue weighted by Crippen LogP contribution is 2.32. The SMILES string of the molecule is NC1(C(=O)NCCCC(=O)N2CCc3ccccc32)CC1. The van der Waals surface area contributed by atoms with Crippen molar-refractivity contribution in [3.05, 3.63) is 29.8 Å². The molecule has 1 saturated carbocycles. The number of nitrogens with zero attached hydrogens (tertiary/aromatic N) is 1. The molecule has 0 spiro atoms. The van der Waals surface area contributed by atoms with Gasteiger partial charge in [-0.2, -0.15) is 0 Å². The van der Waals surface area contributed by atoms with E-state index in [0.29, 0.717) is 19.4 Å². The van der Waals surface area contributed by atoms with E-state index < -0.39 is 5.54 Å². The van der Waals surface area contributed by atoms with E-state index in [4.69, 9.17) is 5.73 Å². The van der Waals surface area contributed by atoms with E-state index >= 15 is 0 Å². The molecule has 3 rings (SSSR count). The van der Waals surface area contributed by atoms with Gasteiger partial charge in [0.2, 0.25) is 11.8 Å². The molecule has 5 nitrogen and oxygen atoms in total. The standard InChI is InChI=1S/C16H21N3O2/c17-16(8-9-16)15(21)18-10-3-6-14(20)19-11-7-12-4-1-2-5-13(12)19/h1-2,4-5H,3,6-11,17H2,(H,18,21). The van der Waals surface area contributed by atoms with Crippen molar-refractivity contribution >= 4 is 17.5 Å². The zero-order valence-electron chi connectivity index (χ0n) is 12.1. The van der Waals surface area contributed by atoms with Crippen LogP contribution in [0.15, 0.2) is 24.3 Å². The Labute approximate surface area is 124 Å². The van der Waals surface area contributed by atoms with Crippen molar-refractivity contribution in [2.24, 2.45) is 5.73 Å². The first kappa shape index (κ1) is 14.1.